The summed E-state index contributed by atoms with van der Waals surface area (Å²) in [5.41, 5.74) is 1.43. The van der Waals surface area contributed by atoms with Gasteiger partial charge in [-0.15, -0.1) is 0 Å². The maximum Gasteiger partial charge on any atom is 0.320 e. The molecule has 0 radical (unpaired) electrons. The molecule has 9 nitrogen and oxygen atoms in total. The Bertz CT molecular complexity index is 1450. The molecule has 0 spiro atoms. The van der Waals surface area contributed by atoms with Gasteiger partial charge in [0.15, 0.2) is 11.2 Å². The van der Waals surface area contributed by atoms with Gasteiger partial charge < -0.3 is 15.2 Å². The third-order valence-corrected chi connectivity index (χ3v) is 6.79. The molecule has 2 N–H and O–H groups in total. The van der Waals surface area contributed by atoms with Gasteiger partial charge in [-0.05, 0) is 74.9 Å². The summed E-state index contributed by atoms with van der Waals surface area (Å²) in [4.78, 5) is 13.0. The number of fused-ring (bicyclic) bond motifs is 1. The Labute approximate surface area is 205 Å². The fraction of sp³-hybridized carbons (Fsp3) is 0.400. The highest BCUT2D eigenvalue weighted by Gasteiger charge is 2.69. The van der Waals surface area contributed by atoms with Crippen LogP contribution in [0.25, 0.3) is 17.2 Å². The highest BCUT2D eigenvalue weighted by atomic mass is 19.3. The zero-order valence-corrected chi connectivity index (χ0v) is 19.9. The Morgan fingerprint density at radius 3 is 2.39 bits per heavy atom. The first-order chi connectivity index (χ1) is 17.1. The summed E-state index contributed by atoms with van der Waals surface area (Å²) in [5, 5.41) is 31.5. The minimum absolute atomic E-state index is 0.0378. The van der Waals surface area contributed by atoms with E-state index in [4.69, 9.17) is 10.00 Å². The summed E-state index contributed by atoms with van der Waals surface area (Å²) < 4.78 is 35.0. The molecule has 2 aromatic heterocycles. The number of aliphatic hydroxyl groups is 1. The van der Waals surface area contributed by atoms with Crippen molar-refractivity contribution < 1.29 is 18.6 Å². The monoisotopic (exact) mass is 491 g/mol. The number of aliphatic hydroxyl groups excluding tert-OH is 1. The first-order valence-corrected chi connectivity index (χ1v) is 11.4. The van der Waals surface area contributed by atoms with Crippen molar-refractivity contribution in [3.63, 3.8) is 0 Å². The summed E-state index contributed by atoms with van der Waals surface area (Å²) in [6, 6.07) is 7.90. The van der Waals surface area contributed by atoms with E-state index < -0.39 is 12.7 Å². The van der Waals surface area contributed by atoms with Crippen LogP contribution in [-0.4, -0.2) is 30.2 Å². The zero-order chi connectivity index (χ0) is 25.8. The van der Waals surface area contributed by atoms with Gasteiger partial charge in [0.05, 0.1) is 17.6 Å². The van der Waals surface area contributed by atoms with E-state index in [-0.39, 0.29) is 39.8 Å². The standard InChI is InChI=1S/C25H23F2N7O2/c1-13-7-16(5-4-6-28)8-14(2)18(13)36-21-17-19(30-20(15(3)35)34(17)22(26)27)31-23(32-21)33-25-9-24(10-25,11-25)12-29/h4-5,7-8,15,22,35H,9-11H2,1-3H3,(H,31,32,33)/b5-4+/t15-,24?,25?/m0/s1. The van der Waals surface area contributed by atoms with E-state index in [1.807, 2.05) is 18.2 Å². The molecule has 1 aromatic carbocycles. The second kappa shape index (κ2) is 8.25. The molecule has 36 heavy (non-hydrogen) atoms. The summed E-state index contributed by atoms with van der Waals surface area (Å²) in [7, 11) is 0. The molecule has 3 saturated carbocycles. The molecular formula is C25H23F2N7O2. The first kappa shape index (κ1) is 23.6. The van der Waals surface area contributed by atoms with Crippen molar-refractivity contribution in [1.29, 1.82) is 10.5 Å². The number of allylic oxidation sites excluding steroid dienone is 1. The zero-order valence-electron chi connectivity index (χ0n) is 19.9. The number of nitrogens with one attached hydrogen (secondary N) is 1. The fourth-order valence-corrected chi connectivity index (χ4v) is 5.36. The number of nitrogens with zero attached hydrogens (tertiary/aromatic N) is 6. The van der Waals surface area contributed by atoms with Crippen LogP contribution in [0.3, 0.4) is 0 Å². The number of aryl methyl sites for hydroxylation is 2. The second-order valence-electron chi connectivity index (χ2n) is 9.69. The van der Waals surface area contributed by atoms with E-state index in [0.717, 1.165) is 5.56 Å². The fourth-order valence-electron chi connectivity index (χ4n) is 5.36. The molecule has 0 unspecified atom stereocenters. The van der Waals surface area contributed by atoms with E-state index in [1.54, 1.807) is 19.9 Å². The smallest absolute Gasteiger partial charge is 0.320 e. The molecule has 3 aliphatic rings. The predicted octanol–water partition coefficient (Wildman–Crippen LogP) is 5.08. The number of hydrogen-bond acceptors (Lipinski definition) is 8. The molecule has 0 aliphatic heterocycles. The lowest BCUT2D eigenvalue weighted by Gasteiger charge is -2.66. The van der Waals surface area contributed by atoms with E-state index in [2.05, 4.69) is 26.3 Å². The van der Waals surface area contributed by atoms with Crippen LogP contribution in [0.2, 0.25) is 0 Å². The van der Waals surface area contributed by atoms with Crippen LogP contribution in [0.15, 0.2) is 18.2 Å². The molecule has 0 amide bonds. The second-order valence-corrected chi connectivity index (χ2v) is 9.69. The highest BCUT2D eigenvalue weighted by molar-refractivity contribution is 5.80. The van der Waals surface area contributed by atoms with Gasteiger partial charge in [0.1, 0.15) is 17.7 Å². The van der Waals surface area contributed by atoms with Gasteiger partial charge in [0, 0.05) is 11.6 Å². The van der Waals surface area contributed by atoms with Crippen molar-refractivity contribution in [2.45, 2.75) is 58.2 Å². The number of alkyl halides is 2. The van der Waals surface area contributed by atoms with Crippen molar-refractivity contribution in [2.75, 3.05) is 5.32 Å². The lowest BCUT2D eigenvalue weighted by Crippen LogP contribution is -2.70. The van der Waals surface area contributed by atoms with Crippen LogP contribution < -0.4 is 10.1 Å². The van der Waals surface area contributed by atoms with Gasteiger partial charge in [-0.1, -0.05) is 0 Å². The summed E-state index contributed by atoms with van der Waals surface area (Å²) >= 11 is 0. The SMILES string of the molecule is Cc1cc(/C=C/C#N)cc(C)c1Oc1nc(NC23CC(C#N)(C2)C3)nc2nc([C@H](C)O)n(C(F)F)c12. The van der Waals surface area contributed by atoms with Crippen molar-refractivity contribution in [3.05, 3.63) is 40.7 Å². The topological polar surface area (TPSA) is 133 Å². The molecule has 11 heteroatoms. The number of nitriles is 2. The normalized spacial score (nSPS) is 23.1. The van der Waals surface area contributed by atoms with Crippen LogP contribution in [-0.2, 0) is 0 Å². The summed E-state index contributed by atoms with van der Waals surface area (Å²) in [6.07, 6.45) is 3.73. The maximum absolute atomic E-state index is 14.1. The molecule has 184 valence electrons. The molecule has 3 aromatic rings. The van der Waals surface area contributed by atoms with Gasteiger partial charge in [0.2, 0.25) is 5.95 Å². The third-order valence-electron chi connectivity index (χ3n) is 6.79. The number of benzene rings is 1. The van der Waals surface area contributed by atoms with E-state index in [9.17, 15) is 19.1 Å². The van der Waals surface area contributed by atoms with Gasteiger partial charge in [-0.2, -0.15) is 29.3 Å². The Morgan fingerprint density at radius 1 is 1.17 bits per heavy atom. The minimum atomic E-state index is -3.02. The van der Waals surface area contributed by atoms with E-state index >= 15 is 0 Å². The van der Waals surface area contributed by atoms with Crippen LogP contribution in [0.1, 0.15) is 61.4 Å². The number of hydrogen-bond donors (Lipinski definition) is 2. The molecular weight excluding hydrogens is 468 g/mol. The Hall–Kier alpha value is -4.09. The van der Waals surface area contributed by atoms with Crippen molar-refractivity contribution in [3.8, 4) is 23.8 Å². The average molecular weight is 492 g/mol. The quantitative estimate of drug-likeness (QED) is 0.437. The summed E-state index contributed by atoms with van der Waals surface area (Å²) in [5.74, 6) is 0.194. The number of imidazole rings is 1. The Morgan fingerprint density at radius 2 is 1.83 bits per heavy atom. The lowest BCUT2D eigenvalue weighted by atomic mass is 9.40. The number of rotatable bonds is 7. The molecule has 1 atom stereocenters. The van der Waals surface area contributed by atoms with Crippen molar-refractivity contribution in [1.82, 2.24) is 19.5 Å². The molecule has 2 heterocycles. The molecule has 3 fully saturated rings. The van der Waals surface area contributed by atoms with Crippen LogP contribution >= 0.6 is 0 Å². The molecule has 0 saturated heterocycles. The number of ether oxygens (including phenoxy) is 1. The van der Waals surface area contributed by atoms with Crippen molar-refractivity contribution in [2.24, 2.45) is 5.41 Å². The largest absolute Gasteiger partial charge is 0.436 e. The minimum Gasteiger partial charge on any atom is -0.436 e. The third kappa shape index (κ3) is 3.73. The summed E-state index contributed by atoms with van der Waals surface area (Å²) in [6.45, 7) is 1.94. The van der Waals surface area contributed by atoms with Crippen LogP contribution in [0, 0.1) is 41.9 Å². The first-order valence-electron chi connectivity index (χ1n) is 11.4. The Kier molecular flexibility index (Phi) is 5.42. The number of halogens is 2. The lowest BCUT2D eigenvalue weighted by molar-refractivity contribution is -0.0665. The predicted molar refractivity (Wildman–Crippen MR) is 126 cm³/mol. The highest BCUT2D eigenvalue weighted by Crippen LogP contribution is 2.67. The van der Waals surface area contributed by atoms with Crippen LogP contribution in [0.5, 0.6) is 11.6 Å². The number of anilines is 1. The Balaban J connectivity index is 1.61. The van der Waals surface area contributed by atoms with E-state index in [0.29, 0.717) is 40.7 Å². The van der Waals surface area contributed by atoms with Crippen molar-refractivity contribution >= 4 is 23.2 Å². The van der Waals surface area contributed by atoms with Gasteiger partial charge in [-0.25, -0.2) is 4.98 Å². The van der Waals surface area contributed by atoms with Crippen LogP contribution in [0.4, 0.5) is 14.7 Å². The van der Waals surface area contributed by atoms with E-state index in [1.165, 1.54) is 13.0 Å². The molecule has 3 aliphatic carbocycles. The maximum atomic E-state index is 14.1. The van der Waals surface area contributed by atoms with Gasteiger partial charge in [0.25, 0.3) is 5.88 Å². The van der Waals surface area contributed by atoms with Gasteiger partial charge >= 0.3 is 6.55 Å². The average Bonchev–Trinajstić information content (AvgIpc) is 3.16. The molecule has 2 bridgehead atoms. The number of aromatic nitrogens is 4. The van der Waals surface area contributed by atoms with Gasteiger partial charge in [-0.3, -0.25) is 4.57 Å². The molecule has 6 rings (SSSR count).